The second-order valence-corrected chi connectivity index (χ2v) is 4.50. The molecule has 1 aromatic rings. The minimum Gasteiger partial charge on any atom is -0.477 e. The van der Waals surface area contributed by atoms with Gasteiger partial charge in [0.05, 0.1) is 0 Å². The molecule has 4 heteroatoms. The van der Waals surface area contributed by atoms with Crippen molar-refractivity contribution in [1.82, 2.24) is 0 Å². The van der Waals surface area contributed by atoms with E-state index in [1.165, 1.54) is 5.57 Å². The normalized spacial score (nSPS) is 18.3. The SMILES string of the molecule is CCC1=CCC(c2cc(F)c(C(=O)O)c(F)c2)C=C1. The van der Waals surface area contributed by atoms with Crippen molar-refractivity contribution in [3.8, 4) is 0 Å². The molecule has 0 spiro atoms. The van der Waals surface area contributed by atoms with Crippen LogP contribution in [0.4, 0.5) is 8.78 Å². The van der Waals surface area contributed by atoms with Crippen molar-refractivity contribution in [1.29, 1.82) is 0 Å². The summed E-state index contributed by atoms with van der Waals surface area (Å²) in [6.07, 6.45) is 7.46. The second kappa shape index (κ2) is 5.34. The average molecular weight is 264 g/mol. The molecule has 0 saturated carbocycles. The van der Waals surface area contributed by atoms with Crippen LogP contribution in [0.1, 0.15) is 41.6 Å². The zero-order chi connectivity index (χ0) is 14.0. The first-order valence-corrected chi connectivity index (χ1v) is 6.12. The molecule has 0 aliphatic heterocycles. The van der Waals surface area contributed by atoms with Crippen LogP contribution in [0.3, 0.4) is 0 Å². The van der Waals surface area contributed by atoms with Gasteiger partial charge in [0.1, 0.15) is 17.2 Å². The van der Waals surface area contributed by atoms with Gasteiger partial charge in [-0.15, -0.1) is 0 Å². The summed E-state index contributed by atoms with van der Waals surface area (Å²) in [7, 11) is 0. The predicted molar refractivity (Wildman–Crippen MR) is 68.2 cm³/mol. The molecule has 2 nitrogen and oxygen atoms in total. The van der Waals surface area contributed by atoms with Crippen LogP contribution in [0.25, 0.3) is 0 Å². The highest BCUT2D eigenvalue weighted by atomic mass is 19.1. The molecule has 1 unspecified atom stereocenters. The molecular weight excluding hydrogens is 250 g/mol. The zero-order valence-electron chi connectivity index (χ0n) is 10.5. The maximum atomic E-state index is 13.6. The highest BCUT2D eigenvalue weighted by molar-refractivity contribution is 5.88. The van der Waals surface area contributed by atoms with Crippen LogP contribution in [0.5, 0.6) is 0 Å². The fourth-order valence-corrected chi connectivity index (χ4v) is 2.19. The maximum Gasteiger partial charge on any atom is 0.341 e. The minimum atomic E-state index is -1.59. The van der Waals surface area contributed by atoms with Crippen molar-refractivity contribution in [2.45, 2.75) is 25.7 Å². The largest absolute Gasteiger partial charge is 0.477 e. The van der Waals surface area contributed by atoms with Gasteiger partial charge < -0.3 is 5.11 Å². The molecule has 0 amide bonds. The summed E-state index contributed by atoms with van der Waals surface area (Å²) >= 11 is 0. The Morgan fingerprint density at radius 1 is 1.37 bits per heavy atom. The molecule has 0 saturated heterocycles. The zero-order valence-corrected chi connectivity index (χ0v) is 10.5. The molecule has 0 heterocycles. The number of aromatic carboxylic acids is 1. The van der Waals surface area contributed by atoms with Gasteiger partial charge in [-0.2, -0.15) is 0 Å². The van der Waals surface area contributed by atoms with Crippen LogP contribution < -0.4 is 0 Å². The lowest BCUT2D eigenvalue weighted by molar-refractivity contribution is 0.0686. The van der Waals surface area contributed by atoms with E-state index in [0.29, 0.717) is 12.0 Å². The van der Waals surface area contributed by atoms with Gasteiger partial charge in [-0.1, -0.05) is 30.7 Å². The lowest BCUT2D eigenvalue weighted by atomic mass is 9.89. The third-order valence-electron chi connectivity index (χ3n) is 3.29. The molecule has 100 valence electrons. The molecule has 2 rings (SSSR count). The fraction of sp³-hybridized carbons (Fsp3) is 0.267. The molecule has 0 fully saturated rings. The van der Waals surface area contributed by atoms with Gasteiger partial charge in [0, 0.05) is 5.92 Å². The number of hydrogen-bond acceptors (Lipinski definition) is 1. The summed E-state index contributed by atoms with van der Waals surface area (Å²) in [6.45, 7) is 2.04. The number of hydrogen-bond donors (Lipinski definition) is 1. The van der Waals surface area contributed by atoms with E-state index in [-0.39, 0.29) is 5.92 Å². The number of carbonyl (C=O) groups is 1. The topological polar surface area (TPSA) is 37.3 Å². The molecule has 1 N–H and O–H groups in total. The number of rotatable bonds is 3. The number of carboxylic acid groups (broad SMARTS) is 1. The van der Waals surface area contributed by atoms with Gasteiger partial charge >= 0.3 is 5.97 Å². The summed E-state index contributed by atoms with van der Waals surface area (Å²) in [5.74, 6) is -3.75. The third-order valence-corrected chi connectivity index (χ3v) is 3.29. The summed E-state index contributed by atoms with van der Waals surface area (Å²) in [5, 5.41) is 8.71. The van der Waals surface area contributed by atoms with Crippen LogP contribution in [0.15, 0.2) is 35.9 Å². The molecular formula is C15H14F2O2. The number of carboxylic acids is 1. The number of benzene rings is 1. The van der Waals surface area contributed by atoms with Crippen LogP contribution in [-0.4, -0.2) is 11.1 Å². The van der Waals surface area contributed by atoms with E-state index >= 15 is 0 Å². The first-order chi connectivity index (χ1) is 9.02. The van der Waals surface area contributed by atoms with Gasteiger partial charge in [0.25, 0.3) is 0 Å². The first-order valence-electron chi connectivity index (χ1n) is 6.12. The standard InChI is InChI=1S/C15H14F2O2/c1-2-9-3-5-10(6-4-9)11-7-12(16)14(15(18)19)13(17)8-11/h3-5,7-8,10H,2,6H2,1H3,(H,18,19). The van der Waals surface area contributed by atoms with Crippen LogP contribution in [0.2, 0.25) is 0 Å². The summed E-state index contributed by atoms with van der Waals surface area (Å²) in [4.78, 5) is 10.7. The first kappa shape index (κ1) is 13.5. The van der Waals surface area contributed by atoms with Crippen molar-refractivity contribution in [2.75, 3.05) is 0 Å². The van der Waals surface area contributed by atoms with Gasteiger partial charge in [-0.25, -0.2) is 13.6 Å². The Labute approximate surface area is 110 Å². The van der Waals surface area contributed by atoms with Gasteiger partial charge in [-0.05, 0) is 30.5 Å². The van der Waals surface area contributed by atoms with Gasteiger partial charge in [-0.3, -0.25) is 0 Å². The highest BCUT2D eigenvalue weighted by Crippen LogP contribution is 2.29. The molecule has 0 bridgehead atoms. The van der Waals surface area contributed by atoms with E-state index in [4.69, 9.17) is 5.11 Å². The summed E-state index contributed by atoms with van der Waals surface area (Å²) < 4.78 is 27.2. The minimum absolute atomic E-state index is 0.109. The van der Waals surface area contributed by atoms with E-state index < -0.39 is 23.2 Å². The van der Waals surface area contributed by atoms with E-state index in [1.807, 2.05) is 25.2 Å². The number of allylic oxidation sites excluding steroid dienone is 4. The van der Waals surface area contributed by atoms with E-state index in [1.54, 1.807) is 0 Å². The van der Waals surface area contributed by atoms with Crippen molar-refractivity contribution < 1.29 is 18.7 Å². The van der Waals surface area contributed by atoms with Crippen LogP contribution in [0, 0.1) is 11.6 Å². The lowest BCUT2D eigenvalue weighted by Gasteiger charge is -2.17. The summed E-state index contributed by atoms with van der Waals surface area (Å²) in [5.41, 5.74) is 0.760. The average Bonchev–Trinajstić information content (AvgIpc) is 2.37. The molecule has 1 aliphatic carbocycles. The third kappa shape index (κ3) is 2.72. The predicted octanol–water partition coefficient (Wildman–Crippen LogP) is 4.04. The highest BCUT2D eigenvalue weighted by Gasteiger charge is 2.20. The Bertz CT molecular complexity index is 551. The molecule has 1 aliphatic rings. The Morgan fingerprint density at radius 3 is 2.42 bits per heavy atom. The van der Waals surface area contributed by atoms with Crippen LogP contribution in [-0.2, 0) is 0 Å². The maximum absolute atomic E-state index is 13.6. The Kier molecular flexibility index (Phi) is 3.79. The second-order valence-electron chi connectivity index (χ2n) is 4.50. The lowest BCUT2D eigenvalue weighted by Crippen LogP contribution is -2.07. The summed E-state index contributed by atoms with van der Waals surface area (Å²) in [6, 6.07) is 2.21. The Balaban J connectivity index is 2.31. The van der Waals surface area contributed by atoms with E-state index in [2.05, 4.69) is 0 Å². The van der Waals surface area contributed by atoms with Gasteiger partial charge in [0.2, 0.25) is 0 Å². The van der Waals surface area contributed by atoms with Crippen molar-refractivity contribution in [3.05, 3.63) is 58.7 Å². The Hall–Kier alpha value is -1.97. The molecule has 1 atom stereocenters. The quantitative estimate of drug-likeness (QED) is 0.894. The smallest absolute Gasteiger partial charge is 0.341 e. The van der Waals surface area contributed by atoms with Gasteiger partial charge in [0.15, 0.2) is 0 Å². The molecule has 1 aromatic carbocycles. The van der Waals surface area contributed by atoms with Crippen molar-refractivity contribution >= 4 is 5.97 Å². The van der Waals surface area contributed by atoms with E-state index in [0.717, 1.165) is 18.6 Å². The molecule has 19 heavy (non-hydrogen) atoms. The van der Waals surface area contributed by atoms with Crippen molar-refractivity contribution in [2.24, 2.45) is 0 Å². The van der Waals surface area contributed by atoms with E-state index in [9.17, 15) is 13.6 Å². The van der Waals surface area contributed by atoms with Crippen LogP contribution >= 0.6 is 0 Å². The van der Waals surface area contributed by atoms with Crippen molar-refractivity contribution in [3.63, 3.8) is 0 Å². The molecule has 0 radical (unpaired) electrons. The Morgan fingerprint density at radius 2 is 2.00 bits per heavy atom. The monoisotopic (exact) mass is 264 g/mol. The molecule has 0 aromatic heterocycles. The number of halogens is 2. The fourth-order valence-electron chi connectivity index (χ4n) is 2.19.